The van der Waals surface area contributed by atoms with Crippen molar-refractivity contribution in [2.45, 2.75) is 51.2 Å². The van der Waals surface area contributed by atoms with Gasteiger partial charge in [0, 0.05) is 31.2 Å². The van der Waals surface area contributed by atoms with Gasteiger partial charge in [-0.1, -0.05) is 0 Å². The van der Waals surface area contributed by atoms with Gasteiger partial charge < -0.3 is 10.2 Å². The highest BCUT2D eigenvalue weighted by Crippen LogP contribution is 2.19. The van der Waals surface area contributed by atoms with Gasteiger partial charge >= 0.3 is 6.03 Å². The smallest absolute Gasteiger partial charge is 0.317 e. The molecule has 0 radical (unpaired) electrons. The number of hydrogen-bond donors (Lipinski definition) is 1. The topological polar surface area (TPSA) is 35.6 Å². The zero-order valence-corrected chi connectivity index (χ0v) is 10.6. The van der Waals surface area contributed by atoms with Crippen molar-refractivity contribution in [3.63, 3.8) is 0 Å². The molecule has 2 fully saturated rings. The molecule has 0 aromatic rings. The van der Waals surface area contributed by atoms with Crippen molar-refractivity contribution in [1.82, 2.24) is 15.1 Å². The summed E-state index contributed by atoms with van der Waals surface area (Å²) in [5.74, 6) is 0. The summed E-state index contributed by atoms with van der Waals surface area (Å²) in [7, 11) is 2.14. The van der Waals surface area contributed by atoms with E-state index in [-0.39, 0.29) is 6.03 Å². The predicted molar refractivity (Wildman–Crippen MR) is 64.4 cm³/mol. The minimum Gasteiger partial charge on any atom is -0.335 e. The molecule has 1 aliphatic carbocycles. The molecule has 1 saturated carbocycles. The number of carbonyl (C=O) groups excluding carboxylic acids is 1. The second-order valence-electron chi connectivity index (χ2n) is 5.35. The Bertz CT molecular complexity index is 253. The summed E-state index contributed by atoms with van der Waals surface area (Å²) < 4.78 is 0. The molecule has 92 valence electrons. The van der Waals surface area contributed by atoms with Gasteiger partial charge in [0.05, 0.1) is 0 Å². The van der Waals surface area contributed by atoms with Crippen LogP contribution in [0.2, 0.25) is 0 Å². The summed E-state index contributed by atoms with van der Waals surface area (Å²) in [6.45, 7) is 6.05. The molecule has 2 unspecified atom stereocenters. The third-order valence-corrected chi connectivity index (χ3v) is 4.08. The van der Waals surface area contributed by atoms with E-state index < -0.39 is 0 Å². The van der Waals surface area contributed by atoms with Crippen LogP contribution in [0, 0.1) is 0 Å². The minimum absolute atomic E-state index is 0.136. The fourth-order valence-corrected chi connectivity index (χ4v) is 2.39. The fourth-order valence-electron chi connectivity index (χ4n) is 2.39. The van der Waals surface area contributed by atoms with E-state index in [0.717, 1.165) is 25.9 Å². The molecule has 0 aromatic heterocycles. The maximum atomic E-state index is 12.0. The SMILES string of the molecule is CC1CN(C(=O)NC2CCC2)CC(C)N1C. The number of likely N-dealkylation sites (N-methyl/N-ethyl adjacent to an activating group) is 1. The number of nitrogens with one attached hydrogen (secondary N) is 1. The van der Waals surface area contributed by atoms with Gasteiger partial charge in [0.1, 0.15) is 0 Å². The summed E-state index contributed by atoms with van der Waals surface area (Å²) in [5.41, 5.74) is 0. The quantitative estimate of drug-likeness (QED) is 0.729. The maximum absolute atomic E-state index is 12.0. The highest BCUT2D eigenvalue weighted by molar-refractivity contribution is 5.74. The molecule has 1 aliphatic heterocycles. The Hall–Kier alpha value is -0.770. The average molecular weight is 225 g/mol. The first kappa shape index (κ1) is 11.7. The van der Waals surface area contributed by atoms with E-state index in [2.05, 4.69) is 31.1 Å². The number of carbonyl (C=O) groups is 1. The number of urea groups is 1. The Kier molecular flexibility index (Phi) is 3.38. The van der Waals surface area contributed by atoms with Crippen LogP contribution in [-0.2, 0) is 0 Å². The molecule has 0 bridgehead atoms. The van der Waals surface area contributed by atoms with E-state index in [0.29, 0.717) is 18.1 Å². The molecule has 2 amide bonds. The number of nitrogens with zero attached hydrogens (tertiary/aromatic N) is 2. The number of amides is 2. The minimum atomic E-state index is 0.136. The lowest BCUT2D eigenvalue weighted by molar-refractivity contribution is 0.0747. The molecular weight excluding hydrogens is 202 g/mol. The van der Waals surface area contributed by atoms with E-state index in [1.807, 2.05) is 4.90 Å². The molecule has 0 spiro atoms. The van der Waals surface area contributed by atoms with Gasteiger partial charge in [0.15, 0.2) is 0 Å². The van der Waals surface area contributed by atoms with Gasteiger partial charge in [0.25, 0.3) is 0 Å². The zero-order chi connectivity index (χ0) is 11.7. The lowest BCUT2D eigenvalue weighted by atomic mass is 9.93. The van der Waals surface area contributed by atoms with Crippen molar-refractivity contribution >= 4 is 6.03 Å². The van der Waals surface area contributed by atoms with Gasteiger partial charge in [-0.2, -0.15) is 0 Å². The van der Waals surface area contributed by atoms with Gasteiger partial charge in [-0.25, -0.2) is 4.79 Å². The third-order valence-electron chi connectivity index (χ3n) is 4.08. The van der Waals surface area contributed by atoms with Crippen molar-refractivity contribution in [3.8, 4) is 0 Å². The van der Waals surface area contributed by atoms with Crippen LogP contribution in [0.25, 0.3) is 0 Å². The normalized spacial score (nSPS) is 32.3. The van der Waals surface area contributed by atoms with E-state index in [1.165, 1.54) is 6.42 Å². The second kappa shape index (κ2) is 4.62. The Morgan fingerprint density at radius 1 is 1.19 bits per heavy atom. The van der Waals surface area contributed by atoms with Crippen LogP contribution in [0.3, 0.4) is 0 Å². The molecule has 0 aromatic carbocycles. The standard InChI is InChI=1S/C12H23N3O/c1-9-7-15(8-10(2)14(9)3)12(16)13-11-5-4-6-11/h9-11H,4-8H2,1-3H3,(H,13,16). The molecule has 2 atom stereocenters. The summed E-state index contributed by atoms with van der Waals surface area (Å²) in [5, 5.41) is 3.11. The Balaban J connectivity index is 1.86. The lowest BCUT2D eigenvalue weighted by Gasteiger charge is -2.43. The van der Waals surface area contributed by atoms with Crippen LogP contribution in [0.15, 0.2) is 0 Å². The lowest BCUT2D eigenvalue weighted by Crippen LogP contribution is -2.59. The first-order chi connectivity index (χ1) is 7.58. The van der Waals surface area contributed by atoms with Crippen molar-refractivity contribution in [3.05, 3.63) is 0 Å². The zero-order valence-electron chi connectivity index (χ0n) is 10.6. The first-order valence-corrected chi connectivity index (χ1v) is 6.35. The molecule has 1 heterocycles. The number of rotatable bonds is 1. The number of piperazine rings is 1. The fraction of sp³-hybridized carbons (Fsp3) is 0.917. The van der Waals surface area contributed by atoms with Gasteiger partial charge in [0.2, 0.25) is 0 Å². The average Bonchev–Trinajstić information content (AvgIpc) is 2.19. The molecule has 2 aliphatic rings. The van der Waals surface area contributed by atoms with E-state index >= 15 is 0 Å². The third kappa shape index (κ3) is 2.32. The Morgan fingerprint density at radius 3 is 2.19 bits per heavy atom. The van der Waals surface area contributed by atoms with Crippen LogP contribution in [0.5, 0.6) is 0 Å². The molecule has 2 rings (SSSR count). The largest absolute Gasteiger partial charge is 0.335 e. The van der Waals surface area contributed by atoms with Crippen LogP contribution < -0.4 is 5.32 Å². The maximum Gasteiger partial charge on any atom is 0.317 e. The van der Waals surface area contributed by atoms with Crippen molar-refractivity contribution in [2.24, 2.45) is 0 Å². The monoisotopic (exact) mass is 225 g/mol. The van der Waals surface area contributed by atoms with Crippen molar-refractivity contribution < 1.29 is 4.79 Å². The second-order valence-corrected chi connectivity index (χ2v) is 5.35. The van der Waals surface area contributed by atoms with E-state index in [1.54, 1.807) is 0 Å². The summed E-state index contributed by atoms with van der Waals surface area (Å²) >= 11 is 0. The van der Waals surface area contributed by atoms with E-state index in [9.17, 15) is 4.79 Å². The Morgan fingerprint density at radius 2 is 1.75 bits per heavy atom. The van der Waals surface area contributed by atoms with Crippen LogP contribution in [0.1, 0.15) is 33.1 Å². The van der Waals surface area contributed by atoms with Gasteiger partial charge in [-0.05, 0) is 40.2 Å². The van der Waals surface area contributed by atoms with E-state index in [4.69, 9.17) is 0 Å². The van der Waals surface area contributed by atoms with Crippen LogP contribution in [-0.4, -0.2) is 54.1 Å². The summed E-state index contributed by atoms with van der Waals surface area (Å²) in [6.07, 6.45) is 3.58. The van der Waals surface area contributed by atoms with Crippen LogP contribution >= 0.6 is 0 Å². The predicted octanol–water partition coefficient (Wildman–Crippen LogP) is 1.27. The molecule has 4 heteroatoms. The summed E-state index contributed by atoms with van der Waals surface area (Å²) in [6, 6.07) is 1.49. The number of hydrogen-bond acceptors (Lipinski definition) is 2. The molecule has 1 saturated heterocycles. The highest BCUT2D eigenvalue weighted by atomic mass is 16.2. The first-order valence-electron chi connectivity index (χ1n) is 6.35. The molecular formula is C12H23N3O. The molecule has 1 N–H and O–H groups in total. The van der Waals surface area contributed by atoms with Gasteiger partial charge in [-0.15, -0.1) is 0 Å². The van der Waals surface area contributed by atoms with Crippen LogP contribution in [0.4, 0.5) is 4.79 Å². The van der Waals surface area contributed by atoms with Crippen molar-refractivity contribution in [2.75, 3.05) is 20.1 Å². The molecule has 16 heavy (non-hydrogen) atoms. The Labute approximate surface area is 98.0 Å². The van der Waals surface area contributed by atoms with Gasteiger partial charge in [-0.3, -0.25) is 4.90 Å². The molecule has 4 nitrogen and oxygen atoms in total. The summed E-state index contributed by atoms with van der Waals surface area (Å²) in [4.78, 5) is 16.3. The van der Waals surface area contributed by atoms with Crippen molar-refractivity contribution in [1.29, 1.82) is 0 Å². The highest BCUT2D eigenvalue weighted by Gasteiger charge is 2.30.